The van der Waals surface area contributed by atoms with Gasteiger partial charge in [0.2, 0.25) is 0 Å². The molecule has 0 saturated heterocycles. The molecular weight excluding hydrogens is 356 g/mol. The van der Waals surface area contributed by atoms with Gasteiger partial charge in [-0.2, -0.15) is 0 Å². The number of aryl methyl sites for hydroxylation is 1. The van der Waals surface area contributed by atoms with Crippen molar-refractivity contribution in [3.05, 3.63) is 83.3 Å². The van der Waals surface area contributed by atoms with Gasteiger partial charge in [0, 0.05) is 12.2 Å². The molecule has 7 nitrogen and oxygen atoms in total. The molecule has 1 aromatic heterocycles. The van der Waals surface area contributed by atoms with Gasteiger partial charge in [-0.1, -0.05) is 29.8 Å². The number of hydrogen-bond acceptors (Lipinski definition) is 6. The Bertz CT molecular complexity index is 952. The van der Waals surface area contributed by atoms with Crippen LogP contribution in [0.2, 0.25) is 0 Å². The fourth-order valence-electron chi connectivity index (χ4n) is 2.44. The lowest BCUT2D eigenvalue weighted by molar-refractivity contribution is 0.0600. The van der Waals surface area contributed by atoms with Crippen LogP contribution in [0.4, 0.5) is 11.5 Å². The Hall–Kier alpha value is -3.74. The monoisotopic (exact) mass is 376 g/mol. The zero-order valence-electron chi connectivity index (χ0n) is 15.6. The summed E-state index contributed by atoms with van der Waals surface area (Å²) < 4.78 is 4.64. The highest BCUT2D eigenvalue weighted by atomic mass is 16.5. The van der Waals surface area contributed by atoms with E-state index in [0.717, 1.165) is 5.56 Å². The fraction of sp³-hybridized carbons (Fsp3) is 0.143. The number of carbonyl (C=O) groups excluding carboxylic acids is 2. The van der Waals surface area contributed by atoms with Gasteiger partial charge in [-0.15, -0.1) is 0 Å². The quantitative estimate of drug-likeness (QED) is 0.640. The lowest BCUT2D eigenvalue weighted by atomic mass is 10.1. The van der Waals surface area contributed by atoms with E-state index < -0.39 is 5.97 Å². The van der Waals surface area contributed by atoms with E-state index in [-0.39, 0.29) is 11.6 Å². The van der Waals surface area contributed by atoms with E-state index in [0.29, 0.717) is 23.6 Å². The number of ether oxygens (including phenoxy) is 1. The minimum Gasteiger partial charge on any atom is -0.465 e. The summed E-state index contributed by atoms with van der Waals surface area (Å²) in [6.45, 7) is 2.66. The summed E-state index contributed by atoms with van der Waals surface area (Å²) in [5, 5.41) is 5.88. The van der Waals surface area contributed by atoms with Crippen LogP contribution in [0, 0.1) is 6.92 Å². The maximum atomic E-state index is 12.3. The molecule has 1 amide bonds. The molecule has 3 rings (SSSR count). The summed E-state index contributed by atoms with van der Waals surface area (Å²) in [5.74, 6) is -0.236. The van der Waals surface area contributed by atoms with Crippen LogP contribution >= 0.6 is 0 Å². The third-order valence-corrected chi connectivity index (χ3v) is 4.04. The number of rotatable bonds is 6. The SMILES string of the molecule is COC(=O)c1ccc(NC(=O)c2cnc(NCc3ccc(C)cc3)cn2)cc1. The normalized spacial score (nSPS) is 10.2. The van der Waals surface area contributed by atoms with E-state index in [1.807, 2.05) is 31.2 Å². The highest BCUT2D eigenvalue weighted by Gasteiger charge is 2.10. The maximum Gasteiger partial charge on any atom is 0.337 e. The van der Waals surface area contributed by atoms with Crippen molar-refractivity contribution >= 4 is 23.4 Å². The van der Waals surface area contributed by atoms with Crippen LogP contribution in [-0.2, 0) is 11.3 Å². The number of carbonyl (C=O) groups is 2. The molecule has 0 fully saturated rings. The average Bonchev–Trinajstić information content (AvgIpc) is 2.73. The molecule has 0 bridgehead atoms. The van der Waals surface area contributed by atoms with Crippen molar-refractivity contribution in [2.75, 3.05) is 17.7 Å². The van der Waals surface area contributed by atoms with Gasteiger partial charge in [-0.25, -0.2) is 14.8 Å². The molecule has 7 heteroatoms. The molecule has 0 aliphatic carbocycles. The second-order valence-corrected chi connectivity index (χ2v) is 6.15. The van der Waals surface area contributed by atoms with Gasteiger partial charge < -0.3 is 15.4 Å². The molecule has 2 aromatic carbocycles. The first-order valence-electron chi connectivity index (χ1n) is 8.66. The van der Waals surface area contributed by atoms with Crippen LogP contribution < -0.4 is 10.6 Å². The van der Waals surface area contributed by atoms with E-state index in [1.54, 1.807) is 24.3 Å². The number of anilines is 2. The van der Waals surface area contributed by atoms with Gasteiger partial charge in [0.25, 0.3) is 5.91 Å². The topological polar surface area (TPSA) is 93.2 Å². The van der Waals surface area contributed by atoms with Gasteiger partial charge in [0.05, 0.1) is 25.1 Å². The van der Waals surface area contributed by atoms with Gasteiger partial charge in [0.1, 0.15) is 11.5 Å². The Morgan fingerprint density at radius 3 is 2.29 bits per heavy atom. The summed E-state index contributed by atoms with van der Waals surface area (Å²) in [4.78, 5) is 32.1. The van der Waals surface area contributed by atoms with E-state index in [9.17, 15) is 9.59 Å². The number of nitrogens with zero attached hydrogens (tertiary/aromatic N) is 2. The Balaban J connectivity index is 1.57. The fourth-order valence-corrected chi connectivity index (χ4v) is 2.44. The van der Waals surface area contributed by atoms with Crippen LogP contribution in [0.1, 0.15) is 32.0 Å². The van der Waals surface area contributed by atoms with Crippen LogP contribution in [-0.4, -0.2) is 29.0 Å². The molecule has 28 heavy (non-hydrogen) atoms. The third-order valence-electron chi connectivity index (χ3n) is 4.04. The van der Waals surface area contributed by atoms with Crippen molar-refractivity contribution in [1.29, 1.82) is 0 Å². The van der Waals surface area contributed by atoms with Crippen molar-refractivity contribution < 1.29 is 14.3 Å². The minimum absolute atomic E-state index is 0.193. The summed E-state index contributed by atoms with van der Waals surface area (Å²) in [6, 6.07) is 14.6. The van der Waals surface area contributed by atoms with E-state index >= 15 is 0 Å². The standard InChI is InChI=1S/C21H20N4O3/c1-14-3-5-15(6-4-14)11-23-19-13-22-18(12-24-19)20(26)25-17-9-7-16(8-10-17)21(27)28-2/h3-10,12-13H,11H2,1-2H3,(H,23,24)(H,25,26). The van der Waals surface area contributed by atoms with Gasteiger partial charge >= 0.3 is 5.97 Å². The maximum absolute atomic E-state index is 12.3. The molecule has 0 aliphatic heterocycles. The van der Waals surface area contributed by atoms with E-state index in [1.165, 1.54) is 25.1 Å². The molecular formula is C21H20N4O3. The molecule has 0 atom stereocenters. The molecule has 0 radical (unpaired) electrons. The number of aromatic nitrogens is 2. The first kappa shape index (κ1) is 19.0. The Kier molecular flexibility index (Phi) is 5.96. The number of esters is 1. The van der Waals surface area contributed by atoms with Crippen LogP contribution in [0.15, 0.2) is 60.9 Å². The molecule has 0 saturated carbocycles. The second-order valence-electron chi connectivity index (χ2n) is 6.15. The predicted molar refractivity (Wildman–Crippen MR) is 106 cm³/mol. The Labute approximate surface area is 162 Å². The molecule has 0 spiro atoms. The second kappa shape index (κ2) is 8.77. The summed E-state index contributed by atoms with van der Waals surface area (Å²) >= 11 is 0. The lowest BCUT2D eigenvalue weighted by Gasteiger charge is -2.08. The average molecular weight is 376 g/mol. The highest BCUT2D eigenvalue weighted by Crippen LogP contribution is 2.12. The number of amides is 1. The zero-order chi connectivity index (χ0) is 19.9. The molecule has 0 aliphatic rings. The summed E-state index contributed by atoms with van der Waals surface area (Å²) in [6.07, 6.45) is 2.93. The van der Waals surface area contributed by atoms with Crippen molar-refractivity contribution in [2.45, 2.75) is 13.5 Å². The van der Waals surface area contributed by atoms with E-state index in [4.69, 9.17) is 0 Å². The summed E-state index contributed by atoms with van der Waals surface area (Å²) in [7, 11) is 1.32. The smallest absolute Gasteiger partial charge is 0.337 e. The number of hydrogen-bond donors (Lipinski definition) is 2. The van der Waals surface area contributed by atoms with Crippen LogP contribution in [0.5, 0.6) is 0 Å². The molecule has 0 unspecified atom stereocenters. The Morgan fingerprint density at radius 1 is 0.964 bits per heavy atom. The molecule has 1 heterocycles. The summed E-state index contributed by atoms with van der Waals surface area (Å²) in [5.41, 5.74) is 3.48. The number of benzene rings is 2. The molecule has 142 valence electrons. The van der Waals surface area contributed by atoms with Crippen molar-refractivity contribution in [2.24, 2.45) is 0 Å². The van der Waals surface area contributed by atoms with Crippen molar-refractivity contribution in [3.63, 3.8) is 0 Å². The van der Waals surface area contributed by atoms with Crippen LogP contribution in [0.3, 0.4) is 0 Å². The lowest BCUT2D eigenvalue weighted by Crippen LogP contribution is -2.14. The molecule has 2 N–H and O–H groups in total. The number of nitrogens with one attached hydrogen (secondary N) is 2. The van der Waals surface area contributed by atoms with Gasteiger partial charge in [-0.3, -0.25) is 4.79 Å². The number of methoxy groups -OCH3 is 1. The van der Waals surface area contributed by atoms with Crippen LogP contribution in [0.25, 0.3) is 0 Å². The minimum atomic E-state index is -0.433. The first-order valence-corrected chi connectivity index (χ1v) is 8.66. The third kappa shape index (κ3) is 4.91. The van der Waals surface area contributed by atoms with Gasteiger partial charge in [-0.05, 0) is 36.8 Å². The van der Waals surface area contributed by atoms with Gasteiger partial charge in [0.15, 0.2) is 0 Å². The van der Waals surface area contributed by atoms with Crippen molar-refractivity contribution in [3.8, 4) is 0 Å². The van der Waals surface area contributed by atoms with Crippen molar-refractivity contribution in [1.82, 2.24) is 9.97 Å². The largest absolute Gasteiger partial charge is 0.465 e. The highest BCUT2D eigenvalue weighted by molar-refractivity contribution is 6.03. The Morgan fingerprint density at radius 2 is 1.68 bits per heavy atom. The predicted octanol–water partition coefficient (Wildman–Crippen LogP) is 3.44. The first-order chi connectivity index (χ1) is 13.5. The molecule has 3 aromatic rings. The zero-order valence-corrected chi connectivity index (χ0v) is 15.6. The van der Waals surface area contributed by atoms with E-state index in [2.05, 4.69) is 25.3 Å².